The van der Waals surface area contributed by atoms with Crippen LogP contribution in [-0.4, -0.2) is 11.7 Å². The Morgan fingerprint density at radius 2 is 1.89 bits per heavy atom. The zero-order valence-electron chi connectivity index (χ0n) is 15.9. The Morgan fingerprint density at radius 1 is 1.14 bits per heavy atom. The standard InChI is InChI=1S/C23H23ClN2O2/c1-2-6-21(28)26-19-9-4-3-7-17(19)25-18-8-5-10-20(27)22(18)23(26)15-11-13-16(24)14-12-15/h3-4,7,9,11-14,23,25H,2,5-6,8,10H2,1H3. The lowest BCUT2D eigenvalue weighted by Crippen LogP contribution is -2.37. The number of ketones is 1. The Bertz CT molecular complexity index is 949. The van der Waals surface area contributed by atoms with Crippen molar-refractivity contribution in [1.29, 1.82) is 0 Å². The van der Waals surface area contributed by atoms with Crippen LogP contribution in [0.1, 0.15) is 50.6 Å². The van der Waals surface area contributed by atoms with Crippen molar-refractivity contribution < 1.29 is 9.59 Å². The Morgan fingerprint density at radius 3 is 2.64 bits per heavy atom. The molecule has 0 saturated heterocycles. The number of carbonyl (C=O) groups excluding carboxylic acids is 2. The molecule has 2 aromatic carbocycles. The van der Waals surface area contributed by atoms with Gasteiger partial charge in [-0.3, -0.25) is 14.5 Å². The van der Waals surface area contributed by atoms with E-state index in [1.165, 1.54) is 0 Å². The van der Waals surface area contributed by atoms with E-state index in [0.29, 0.717) is 23.4 Å². The van der Waals surface area contributed by atoms with E-state index in [0.717, 1.165) is 41.9 Å². The predicted octanol–water partition coefficient (Wildman–Crippen LogP) is 5.65. The molecule has 28 heavy (non-hydrogen) atoms. The molecule has 0 saturated carbocycles. The minimum Gasteiger partial charge on any atom is -0.357 e. The van der Waals surface area contributed by atoms with Crippen LogP contribution in [0, 0.1) is 0 Å². The summed E-state index contributed by atoms with van der Waals surface area (Å²) in [5.41, 5.74) is 4.20. The van der Waals surface area contributed by atoms with Crippen LogP contribution in [0.15, 0.2) is 59.8 Å². The van der Waals surface area contributed by atoms with Gasteiger partial charge < -0.3 is 5.32 Å². The van der Waals surface area contributed by atoms with Crippen molar-refractivity contribution in [3.05, 3.63) is 70.4 Å². The van der Waals surface area contributed by atoms with E-state index < -0.39 is 6.04 Å². The van der Waals surface area contributed by atoms with Crippen LogP contribution in [0.2, 0.25) is 5.02 Å². The van der Waals surface area contributed by atoms with Crippen molar-refractivity contribution in [2.45, 2.75) is 45.1 Å². The summed E-state index contributed by atoms with van der Waals surface area (Å²) < 4.78 is 0. The highest BCUT2D eigenvalue weighted by Gasteiger charge is 2.38. The zero-order chi connectivity index (χ0) is 19.7. The number of Topliss-reactive ketones (excluding diaryl/α,β-unsaturated/α-hetero) is 1. The quantitative estimate of drug-likeness (QED) is 0.732. The number of nitrogens with one attached hydrogen (secondary N) is 1. The first-order valence-corrected chi connectivity index (χ1v) is 10.2. The van der Waals surface area contributed by atoms with E-state index in [2.05, 4.69) is 5.32 Å². The number of anilines is 2. The summed E-state index contributed by atoms with van der Waals surface area (Å²) in [5.74, 6) is 0.125. The molecular formula is C23H23ClN2O2. The Kier molecular flexibility index (Phi) is 5.23. The summed E-state index contributed by atoms with van der Waals surface area (Å²) in [6, 6.07) is 14.8. The first-order valence-electron chi connectivity index (χ1n) is 9.80. The lowest BCUT2D eigenvalue weighted by Gasteiger charge is -2.34. The number of nitrogens with zero attached hydrogens (tertiary/aromatic N) is 1. The fourth-order valence-corrected chi connectivity index (χ4v) is 4.23. The number of fused-ring (bicyclic) bond motifs is 1. The molecule has 2 aliphatic rings. The molecule has 4 rings (SSSR count). The summed E-state index contributed by atoms with van der Waals surface area (Å²) in [6.45, 7) is 1.99. The molecule has 1 aliphatic heterocycles. The number of halogens is 1. The molecule has 4 nitrogen and oxygen atoms in total. The second-order valence-electron chi connectivity index (χ2n) is 7.28. The minimum absolute atomic E-state index is 0.0174. The third-order valence-corrected chi connectivity index (χ3v) is 5.61. The van der Waals surface area contributed by atoms with Gasteiger partial charge in [0.15, 0.2) is 5.78 Å². The molecule has 0 spiro atoms. The summed E-state index contributed by atoms with van der Waals surface area (Å²) in [4.78, 5) is 28.1. The number of benzene rings is 2. The first-order chi connectivity index (χ1) is 13.6. The SMILES string of the molecule is CCCC(=O)N1c2ccccc2NC2=C(C(=O)CCC2)C1c1ccc(Cl)cc1. The molecular weight excluding hydrogens is 372 g/mol. The first kappa shape index (κ1) is 18.8. The van der Waals surface area contributed by atoms with Crippen molar-refractivity contribution in [2.24, 2.45) is 0 Å². The topological polar surface area (TPSA) is 49.4 Å². The molecule has 5 heteroatoms. The second-order valence-corrected chi connectivity index (χ2v) is 7.72. The van der Waals surface area contributed by atoms with Gasteiger partial charge >= 0.3 is 0 Å². The normalized spacial score (nSPS) is 18.9. The molecule has 0 radical (unpaired) electrons. The fraction of sp³-hybridized carbons (Fsp3) is 0.304. The van der Waals surface area contributed by atoms with Crippen LogP contribution in [0.25, 0.3) is 0 Å². The zero-order valence-corrected chi connectivity index (χ0v) is 16.6. The summed E-state index contributed by atoms with van der Waals surface area (Å²) in [7, 11) is 0. The number of para-hydroxylation sites is 2. The predicted molar refractivity (Wildman–Crippen MR) is 113 cm³/mol. The van der Waals surface area contributed by atoms with Gasteiger partial charge in [-0.25, -0.2) is 0 Å². The van der Waals surface area contributed by atoms with E-state index in [4.69, 9.17) is 11.6 Å². The maximum absolute atomic E-state index is 13.3. The lowest BCUT2D eigenvalue weighted by atomic mass is 9.85. The highest BCUT2D eigenvalue weighted by Crippen LogP contribution is 2.45. The highest BCUT2D eigenvalue weighted by atomic mass is 35.5. The van der Waals surface area contributed by atoms with Crippen molar-refractivity contribution in [3.63, 3.8) is 0 Å². The minimum atomic E-state index is -0.449. The number of allylic oxidation sites excluding steroid dienone is 1. The average Bonchev–Trinajstić information content (AvgIpc) is 2.84. The van der Waals surface area contributed by atoms with E-state index >= 15 is 0 Å². The molecule has 1 N–H and O–H groups in total. The van der Waals surface area contributed by atoms with Crippen LogP contribution in [0.5, 0.6) is 0 Å². The van der Waals surface area contributed by atoms with E-state index in [-0.39, 0.29) is 11.7 Å². The number of amides is 1. The number of hydrogen-bond donors (Lipinski definition) is 1. The van der Waals surface area contributed by atoms with Crippen LogP contribution in [0.4, 0.5) is 11.4 Å². The Balaban J connectivity index is 1.97. The Hall–Kier alpha value is -2.59. The molecule has 2 aromatic rings. The third kappa shape index (κ3) is 3.33. The van der Waals surface area contributed by atoms with Gasteiger partial charge in [0.25, 0.3) is 0 Å². The van der Waals surface area contributed by atoms with E-state index in [9.17, 15) is 9.59 Å². The summed E-state index contributed by atoms with van der Waals surface area (Å²) in [6.07, 6.45) is 3.31. The molecule has 1 atom stereocenters. The van der Waals surface area contributed by atoms with Crippen molar-refractivity contribution in [1.82, 2.24) is 0 Å². The molecule has 1 aliphatic carbocycles. The molecule has 144 valence electrons. The summed E-state index contributed by atoms with van der Waals surface area (Å²) in [5, 5.41) is 4.10. The van der Waals surface area contributed by atoms with Crippen molar-refractivity contribution >= 4 is 34.7 Å². The van der Waals surface area contributed by atoms with Gasteiger partial charge in [0, 0.05) is 29.1 Å². The van der Waals surface area contributed by atoms with Crippen LogP contribution < -0.4 is 10.2 Å². The number of hydrogen-bond acceptors (Lipinski definition) is 3. The molecule has 0 aromatic heterocycles. The van der Waals surface area contributed by atoms with Gasteiger partial charge in [-0.2, -0.15) is 0 Å². The largest absolute Gasteiger partial charge is 0.357 e. The third-order valence-electron chi connectivity index (χ3n) is 5.36. The van der Waals surface area contributed by atoms with Gasteiger partial charge in [0.1, 0.15) is 0 Å². The number of rotatable bonds is 3. The van der Waals surface area contributed by atoms with Gasteiger partial charge in [0.05, 0.1) is 17.4 Å². The molecule has 1 heterocycles. The van der Waals surface area contributed by atoms with Gasteiger partial charge in [0.2, 0.25) is 5.91 Å². The van der Waals surface area contributed by atoms with E-state index in [1.807, 2.05) is 55.5 Å². The van der Waals surface area contributed by atoms with Crippen molar-refractivity contribution in [2.75, 3.05) is 10.2 Å². The van der Waals surface area contributed by atoms with Gasteiger partial charge in [-0.1, -0.05) is 42.8 Å². The second kappa shape index (κ2) is 7.80. The van der Waals surface area contributed by atoms with Crippen LogP contribution in [-0.2, 0) is 9.59 Å². The fourth-order valence-electron chi connectivity index (χ4n) is 4.10. The summed E-state index contributed by atoms with van der Waals surface area (Å²) >= 11 is 6.11. The van der Waals surface area contributed by atoms with Gasteiger partial charge in [-0.05, 0) is 49.1 Å². The maximum atomic E-state index is 13.3. The molecule has 1 amide bonds. The molecule has 1 unspecified atom stereocenters. The van der Waals surface area contributed by atoms with Crippen LogP contribution >= 0.6 is 11.6 Å². The van der Waals surface area contributed by atoms with Crippen LogP contribution in [0.3, 0.4) is 0 Å². The maximum Gasteiger partial charge on any atom is 0.227 e. The van der Waals surface area contributed by atoms with Crippen molar-refractivity contribution in [3.8, 4) is 0 Å². The lowest BCUT2D eigenvalue weighted by molar-refractivity contribution is -0.119. The smallest absolute Gasteiger partial charge is 0.227 e. The van der Waals surface area contributed by atoms with Gasteiger partial charge in [-0.15, -0.1) is 0 Å². The highest BCUT2D eigenvalue weighted by molar-refractivity contribution is 6.30. The average molecular weight is 395 g/mol. The number of carbonyl (C=O) groups is 2. The molecule has 0 fully saturated rings. The van der Waals surface area contributed by atoms with E-state index in [1.54, 1.807) is 4.90 Å². The monoisotopic (exact) mass is 394 g/mol. The molecule has 0 bridgehead atoms. The Labute approximate surface area is 170 Å².